The van der Waals surface area contributed by atoms with E-state index in [1.165, 1.54) is 12.5 Å². The number of hydrogen-bond donors (Lipinski definition) is 2. The number of carbonyl (C=O) groups excluding carboxylic acids is 1. The fraction of sp³-hybridized carbons (Fsp3) is 0.474. The van der Waals surface area contributed by atoms with E-state index in [0.717, 1.165) is 18.4 Å². The summed E-state index contributed by atoms with van der Waals surface area (Å²) in [5.74, 6) is 1.80. The Hall–Kier alpha value is -2.32. The molecule has 2 bridgehead atoms. The van der Waals surface area contributed by atoms with Gasteiger partial charge in [0.25, 0.3) is 0 Å². The minimum atomic E-state index is -0.115. The molecule has 1 aromatic carbocycles. The Balaban J connectivity index is 1.55. The Morgan fingerprint density at radius 3 is 2.79 bits per heavy atom. The molecule has 2 saturated carbocycles. The van der Waals surface area contributed by atoms with Crippen molar-refractivity contribution < 1.29 is 14.6 Å². The average Bonchev–Trinajstić information content (AvgIpc) is 3.20. The first-order valence-corrected chi connectivity index (χ1v) is 8.40. The maximum atomic E-state index is 12.2. The molecule has 1 aromatic rings. The van der Waals surface area contributed by atoms with Crippen molar-refractivity contribution in [2.24, 2.45) is 17.8 Å². The van der Waals surface area contributed by atoms with Gasteiger partial charge in [0.1, 0.15) is 11.8 Å². The van der Waals surface area contributed by atoms with Crippen LogP contribution in [-0.2, 0) is 4.79 Å². The van der Waals surface area contributed by atoms with E-state index in [-0.39, 0.29) is 31.1 Å². The number of aliphatic hydroxyl groups is 1. The number of ether oxygens (including phenoxy) is 1. The van der Waals surface area contributed by atoms with Crippen molar-refractivity contribution in [3.8, 4) is 11.8 Å². The zero-order valence-electron chi connectivity index (χ0n) is 13.5. The van der Waals surface area contributed by atoms with Crippen LogP contribution < -0.4 is 10.1 Å². The van der Waals surface area contributed by atoms with Crippen molar-refractivity contribution in [1.82, 2.24) is 5.32 Å². The normalized spacial score (nSPS) is 28.0. The Kier molecular flexibility index (Phi) is 5.17. The maximum Gasteiger partial charge on any atom is 0.244 e. The average molecular weight is 326 g/mol. The number of hydrogen-bond acceptors (Lipinski definition) is 4. The lowest BCUT2D eigenvalue weighted by molar-refractivity contribution is -0.117. The van der Waals surface area contributed by atoms with Gasteiger partial charge in [-0.2, -0.15) is 5.26 Å². The van der Waals surface area contributed by atoms with Crippen LogP contribution in [0.5, 0.6) is 5.75 Å². The predicted octanol–water partition coefficient (Wildman–Crippen LogP) is 2.13. The van der Waals surface area contributed by atoms with Crippen LogP contribution in [0.2, 0.25) is 0 Å². The van der Waals surface area contributed by atoms with E-state index >= 15 is 0 Å². The fourth-order valence-corrected chi connectivity index (χ4v) is 4.07. The standard InChI is InChI=1S/C19H22N2O3/c20-9-10-24-16-6-1-13(2-7-16)3-8-18(23)21-19-15-5-4-14(11-15)17(19)12-22/h1-3,6-8,14-15,17,19,22H,4-5,10-12H2,(H,21,23)/b8-3+. The SMILES string of the molecule is N#CCOc1ccc(/C=C/C(=O)NC2C3CCC(C3)C2CO)cc1. The number of carbonyl (C=O) groups is 1. The predicted molar refractivity (Wildman–Crippen MR) is 89.9 cm³/mol. The summed E-state index contributed by atoms with van der Waals surface area (Å²) in [5.41, 5.74) is 0.890. The summed E-state index contributed by atoms with van der Waals surface area (Å²) in [4.78, 5) is 12.2. The lowest BCUT2D eigenvalue weighted by atomic mass is 9.85. The first-order valence-electron chi connectivity index (χ1n) is 8.40. The molecule has 4 unspecified atom stereocenters. The van der Waals surface area contributed by atoms with Gasteiger partial charge >= 0.3 is 0 Å². The molecule has 0 spiro atoms. The van der Waals surface area contributed by atoms with Gasteiger partial charge in [-0.15, -0.1) is 0 Å². The summed E-state index contributed by atoms with van der Waals surface area (Å²) in [6.07, 6.45) is 6.75. The molecule has 2 N–H and O–H groups in total. The van der Waals surface area contributed by atoms with Gasteiger partial charge in [-0.25, -0.2) is 0 Å². The molecule has 24 heavy (non-hydrogen) atoms. The van der Waals surface area contributed by atoms with E-state index < -0.39 is 0 Å². The highest BCUT2D eigenvalue weighted by Crippen LogP contribution is 2.48. The Morgan fingerprint density at radius 1 is 1.33 bits per heavy atom. The first-order chi connectivity index (χ1) is 11.7. The van der Waals surface area contributed by atoms with Crippen LogP contribution in [0.15, 0.2) is 30.3 Å². The van der Waals surface area contributed by atoms with E-state index in [0.29, 0.717) is 17.6 Å². The molecular formula is C19H22N2O3. The number of rotatable bonds is 6. The Morgan fingerprint density at radius 2 is 2.08 bits per heavy atom. The van der Waals surface area contributed by atoms with Crippen molar-refractivity contribution in [1.29, 1.82) is 5.26 Å². The molecule has 0 saturated heterocycles. The molecule has 0 radical (unpaired) electrons. The third kappa shape index (κ3) is 3.60. The van der Waals surface area contributed by atoms with E-state index in [1.807, 2.05) is 18.2 Å². The summed E-state index contributed by atoms with van der Waals surface area (Å²) in [6, 6.07) is 9.24. The zero-order chi connectivity index (χ0) is 16.9. The number of nitrogens with one attached hydrogen (secondary N) is 1. The smallest absolute Gasteiger partial charge is 0.244 e. The van der Waals surface area contributed by atoms with Gasteiger partial charge in [0, 0.05) is 24.6 Å². The quantitative estimate of drug-likeness (QED) is 0.785. The highest BCUT2D eigenvalue weighted by atomic mass is 16.5. The van der Waals surface area contributed by atoms with Crippen LogP contribution in [0.3, 0.4) is 0 Å². The Labute approximate surface area is 141 Å². The molecule has 0 aliphatic heterocycles. The number of benzene rings is 1. The monoisotopic (exact) mass is 326 g/mol. The zero-order valence-corrected chi connectivity index (χ0v) is 13.5. The van der Waals surface area contributed by atoms with Crippen molar-refractivity contribution >= 4 is 12.0 Å². The molecule has 126 valence electrons. The minimum absolute atomic E-state index is 0.0210. The minimum Gasteiger partial charge on any atom is -0.479 e. The molecular weight excluding hydrogens is 304 g/mol. The third-order valence-corrected chi connectivity index (χ3v) is 5.22. The topological polar surface area (TPSA) is 82.3 Å². The van der Waals surface area contributed by atoms with Gasteiger partial charge < -0.3 is 15.2 Å². The second kappa shape index (κ2) is 7.50. The van der Waals surface area contributed by atoms with Crippen molar-refractivity contribution in [2.45, 2.75) is 25.3 Å². The molecule has 2 fully saturated rings. The number of nitriles is 1. The van der Waals surface area contributed by atoms with Crippen LogP contribution in [0.1, 0.15) is 24.8 Å². The van der Waals surface area contributed by atoms with Crippen LogP contribution in [0.4, 0.5) is 0 Å². The van der Waals surface area contributed by atoms with Gasteiger partial charge in [0.15, 0.2) is 6.61 Å². The largest absolute Gasteiger partial charge is 0.479 e. The van der Waals surface area contributed by atoms with Crippen LogP contribution >= 0.6 is 0 Å². The second-order valence-electron chi connectivity index (χ2n) is 6.56. The van der Waals surface area contributed by atoms with Crippen LogP contribution in [0, 0.1) is 29.1 Å². The van der Waals surface area contributed by atoms with Crippen molar-refractivity contribution in [3.05, 3.63) is 35.9 Å². The van der Waals surface area contributed by atoms with Gasteiger partial charge in [0.2, 0.25) is 5.91 Å². The molecule has 0 aromatic heterocycles. The fourth-order valence-electron chi connectivity index (χ4n) is 4.07. The highest BCUT2D eigenvalue weighted by Gasteiger charge is 2.47. The maximum absolute atomic E-state index is 12.2. The van der Waals surface area contributed by atoms with Crippen LogP contribution in [0.25, 0.3) is 6.08 Å². The van der Waals surface area contributed by atoms with Crippen molar-refractivity contribution in [3.63, 3.8) is 0 Å². The van der Waals surface area contributed by atoms with Gasteiger partial charge in [-0.3, -0.25) is 4.79 Å². The molecule has 0 heterocycles. The van der Waals surface area contributed by atoms with Gasteiger partial charge in [-0.1, -0.05) is 12.1 Å². The molecule has 1 amide bonds. The number of nitrogens with zero attached hydrogens (tertiary/aromatic N) is 1. The third-order valence-electron chi connectivity index (χ3n) is 5.22. The molecule has 2 aliphatic rings. The molecule has 3 rings (SSSR count). The summed E-state index contributed by atoms with van der Waals surface area (Å²) < 4.78 is 5.19. The summed E-state index contributed by atoms with van der Waals surface area (Å²) >= 11 is 0. The van der Waals surface area contributed by atoms with Gasteiger partial charge in [-0.05, 0) is 54.9 Å². The summed E-state index contributed by atoms with van der Waals surface area (Å²) in [7, 11) is 0. The summed E-state index contributed by atoms with van der Waals surface area (Å²) in [5, 5.41) is 21.1. The van der Waals surface area contributed by atoms with E-state index in [4.69, 9.17) is 10.00 Å². The highest BCUT2D eigenvalue weighted by molar-refractivity contribution is 5.92. The van der Waals surface area contributed by atoms with E-state index in [1.54, 1.807) is 18.2 Å². The van der Waals surface area contributed by atoms with Crippen molar-refractivity contribution in [2.75, 3.05) is 13.2 Å². The lowest BCUT2D eigenvalue weighted by Crippen LogP contribution is -2.44. The molecule has 4 atom stereocenters. The van der Waals surface area contributed by atoms with E-state index in [2.05, 4.69) is 5.32 Å². The first kappa shape index (κ1) is 16.5. The lowest BCUT2D eigenvalue weighted by Gasteiger charge is -2.30. The summed E-state index contributed by atoms with van der Waals surface area (Å²) in [6.45, 7) is 0.174. The van der Waals surface area contributed by atoms with Crippen LogP contribution in [-0.4, -0.2) is 30.3 Å². The van der Waals surface area contributed by atoms with E-state index in [9.17, 15) is 9.90 Å². The van der Waals surface area contributed by atoms with Gasteiger partial charge in [0.05, 0.1) is 0 Å². The number of amides is 1. The number of fused-ring (bicyclic) bond motifs is 2. The molecule has 2 aliphatic carbocycles. The second-order valence-corrected chi connectivity index (χ2v) is 6.56. The number of aliphatic hydroxyl groups excluding tert-OH is 1. The Bertz CT molecular complexity index is 648. The molecule has 5 heteroatoms. The molecule has 5 nitrogen and oxygen atoms in total.